The van der Waals surface area contributed by atoms with Gasteiger partial charge in [-0.25, -0.2) is 15.0 Å². The molecule has 1 saturated heterocycles. The molecule has 1 unspecified atom stereocenters. The third kappa shape index (κ3) is 1.62. The number of rotatable bonds is 1. The number of hydrogen-bond donors (Lipinski definition) is 2. The molecule has 0 saturated carbocycles. The summed E-state index contributed by atoms with van der Waals surface area (Å²) in [5.74, 6) is 0. The lowest BCUT2D eigenvalue weighted by atomic mass is 10.2. The minimum absolute atomic E-state index is 0.0549. The molecule has 16 heavy (non-hydrogen) atoms. The summed E-state index contributed by atoms with van der Waals surface area (Å²) in [6, 6.07) is 0. The Kier molecular flexibility index (Phi) is 2.43. The van der Waals surface area contributed by atoms with Crippen molar-refractivity contribution in [2.75, 3.05) is 25.4 Å². The number of nitrogens with zero attached hydrogens (tertiary/aromatic N) is 3. The van der Waals surface area contributed by atoms with E-state index >= 15 is 0 Å². The number of thiazole rings is 1. The molecule has 0 radical (unpaired) electrons. The van der Waals surface area contributed by atoms with Gasteiger partial charge in [-0.2, -0.15) is 0 Å². The third-order valence-corrected chi connectivity index (χ3v) is 3.27. The molecule has 7 heteroatoms. The average Bonchev–Trinajstić information content (AvgIpc) is 2.70. The van der Waals surface area contributed by atoms with E-state index in [4.69, 9.17) is 10.5 Å². The minimum atomic E-state index is -0.0549. The van der Waals surface area contributed by atoms with Gasteiger partial charge >= 0.3 is 0 Å². The van der Waals surface area contributed by atoms with Crippen molar-refractivity contribution in [3.8, 4) is 0 Å². The Bertz CT molecular complexity index is 508. The minimum Gasteiger partial charge on any atom is -0.375 e. The number of ether oxygens (including phenoxy) is 1. The lowest BCUT2D eigenvalue weighted by Gasteiger charge is -2.22. The van der Waals surface area contributed by atoms with Crippen LogP contribution in [0.15, 0.2) is 6.33 Å². The normalized spacial score (nSPS) is 21.4. The zero-order chi connectivity index (χ0) is 11.0. The molecule has 3 N–H and O–H groups in total. The first kappa shape index (κ1) is 9.88. The van der Waals surface area contributed by atoms with Crippen LogP contribution in [-0.2, 0) is 4.74 Å². The number of fused-ring (bicyclic) bond motifs is 1. The predicted molar refractivity (Wildman–Crippen MR) is 61.2 cm³/mol. The van der Waals surface area contributed by atoms with Crippen molar-refractivity contribution in [2.45, 2.75) is 6.10 Å². The first-order valence-corrected chi connectivity index (χ1v) is 5.85. The quantitative estimate of drug-likeness (QED) is 0.743. The van der Waals surface area contributed by atoms with Crippen molar-refractivity contribution in [1.29, 1.82) is 0 Å². The van der Waals surface area contributed by atoms with Crippen LogP contribution in [-0.4, -0.2) is 34.6 Å². The fraction of sp³-hybridized carbons (Fsp3) is 0.444. The van der Waals surface area contributed by atoms with Crippen LogP contribution in [0.1, 0.15) is 11.8 Å². The van der Waals surface area contributed by atoms with E-state index in [1.54, 1.807) is 0 Å². The van der Waals surface area contributed by atoms with E-state index in [9.17, 15) is 0 Å². The fourth-order valence-corrected chi connectivity index (χ4v) is 2.45. The molecule has 1 fully saturated rings. The molecule has 1 aliphatic heterocycles. The monoisotopic (exact) mass is 237 g/mol. The second kappa shape index (κ2) is 3.93. The topological polar surface area (TPSA) is 86.0 Å². The fourth-order valence-electron chi connectivity index (χ4n) is 1.76. The van der Waals surface area contributed by atoms with Crippen LogP contribution >= 0.6 is 11.3 Å². The highest BCUT2D eigenvalue weighted by atomic mass is 32.1. The van der Waals surface area contributed by atoms with E-state index in [0.29, 0.717) is 11.7 Å². The summed E-state index contributed by atoms with van der Waals surface area (Å²) in [5.41, 5.74) is 7.26. The summed E-state index contributed by atoms with van der Waals surface area (Å²) in [4.78, 5) is 13.5. The number of nitrogen functional groups attached to an aromatic ring is 1. The van der Waals surface area contributed by atoms with Gasteiger partial charge in [0.25, 0.3) is 0 Å². The highest BCUT2D eigenvalue weighted by Crippen LogP contribution is 2.28. The van der Waals surface area contributed by atoms with Crippen LogP contribution in [0.5, 0.6) is 0 Å². The molecule has 0 amide bonds. The Morgan fingerprint density at radius 1 is 1.50 bits per heavy atom. The van der Waals surface area contributed by atoms with Crippen LogP contribution in [0.3, 0.4) is 0 Å². The lowest BCUT2D eigenvalue weighted by molar-refractivity contribution is 0.0259. The molecule has 6 nitrogen and oxygen atoms in total. The smallest absolute Gasteiger partial charge is 0.182 e. The highest BCUT2D eigenvalue weighted by molar-refractivity contribution is 7.21. The van der Waals surface area contributed by atoms with Crippen molar-refractivity contribution in [3.63, 3.8) is 0 Å². The maximum atomic E-state index is 5.67. The van der Waals surface area contributed by atoms with Crippen molar-refractivity contribution < 1.29 is 4.74 Å². The van der Waals surface area contributed by atoms with Gasteiger partial charge in [0.05, 0.1) is 6.61 Å². The van der Waals surface area contributed by atoms with Gasteiger partial charge in [0.15, 0.2) is 5.13 Å². The molecule has 1 aliphatic rings. The number of nitrogens with one attached hydrogen (secondary N) is 1. The Morgan fingerprint density at radius 3 is 3.25 bits per heavy atom. The molecular formula is C9H11N5OS. The van der Waals surface area contributed by atoms with Crippen LogP contribution in [0, 0.1) is 0 Å². The Hall–Kier alpha value is -1.31. The molecule has 1 atom stereocenters. The summed E-state index contributed by atoms with van der Waals surface area (Å²) in [7, 11) is 0. The van der Waals surface area contributed by atoms with Gasteiger partial charge in [0, 0.05) is 13.1 Å². The van der Waals surface area contributed by atoms with Gasteiger partial charge in [-0.3, -0.25) is 0 Å². The third-order valence-electron chi connectivity index (χ3n) is 2.47. The zero-order valence-electron chi connectivity index (χ0n) is 8.51. The molecule has 0 aliphatic carbocycles. The standard InChI is InChI=1S/C9H11N5OS/c10-9-14-7-6(5-3-11-1-2-15-5)12-4-13-8(7)16-9/h4-5,11H,1-3H2,(H2,10,14). The van der Waals surface area contributed by atoms with Gasteiger partial charge in [-0.05, 0) is 0 Å². The molecule has 0 spiro atoms. The lowest BCUT2D eigenvalue weighted by Crippen LogP contribution is -2.33. The first-order chi connectivity index (χ1) is 7.84. The summed E-state index contributed by atoms with van der Waals surface area (Å²) >= 11 is 1.37. The van der Waals surface area contributed by atoms with Crippen LogP contribution in [0.25, 0.3) is 10.3 Å². The molecule has 0 aromatic carbocycles. The Labute approximate surface area is 95.9 Å². The van der Waals surface area contributed by atoms with Gasteiger partial charge in [0.2, 0.25) is 0 Å². The van der Waals surface area contributed by atoms with E-state index in [1.165, 1.54) is 17.7 Å². The van der Waals surface area contributed by atoms with Gasteiger partial charge < -0.3 is 15.8 Å². The van der Waals surface area contributed by atoms with Crippen LogP contribution in [0.4, 0.5) is 5.13 Å². The molecular weight excluding hydrogens is 226 g/mol. The zero-order valence-corrected chi connectivity index (χ0v) is 9.33. The van der Waals surface area contributed by atoms with Crippen molar-refractivity contribution in [1.82, 2.24) is 20.3 Å². The number of anilines is 1. The Morgan fingerprint density at radius 2 is 2.44 bits per heavy atom. The molecule has 84 valence electrons. The summed E-state index contributed by atoms with van der Waals surface area (Å²) in [6.45, 7) is 2.32. The van der Waals surface area contributed by atoms with E-state index in [0.717, 1.165) is 29.1 Å². The SMILES string of the molecule is Nc1nc2c(C3CNCCO3)ncnc2s1. The number of hydrogen-bond acceptors (Lipinski definition) is 7. The largest absolute Gasteiger partial charge is 0.375 e. The summed E-state index contributed by atoms with van der Waals surface area (Å²) in [6.07, 6.45) is 1.48. The van der Waals surface area contributed by atoms with E-state index < -0.39 is 0 Å². The van der Waals surface area contributed by atoms with E-state index in [-0.39, 0.29) is 6.10 Å². The van der Waals surface area contributed by atoms with Crippen LogP contribution in [0.2, 0.25) is 0 Å². The molecule has 3 rings (SSSR count). The van der Waals surface area contributed by atoms with E-state index in [1.807, 2.05) is 0 Å². The molecule has 0 bridgehead atoms. The maximum Gasteiger partial charge on any atom is 0.182 e. The second-order valence-corrected chi connectivity index (χ2v) is 4.54. The first-order valence-electron chi connectivity index (χ1n) is 5.04. The van der Waals surface area contributed by atoms with Crippen molar-refractivity contribution >= 4 is 26.8 Å². The van der Waals surface area contributed by atoms with Gasteiger partial charge in [-0.1, -0.05) is 11.3 Å². The summed E-state index contributed by atoms with van der Waals surface area (Å²) in [5, 5.41) is 3.78. The highest BCUT2D eigenvalue weighted by Gasteiger charge is 2.21. The molecule has 3 heterocycles. The van der Waals surface area contributed by atoms with Crippen LogP contribution < -0.4 is 11.1 Å². The second-order valence-electron chi connectivity index (χ2n) is 3.53. The molecule has 2 aromatic rings. The predicted octanol–water partition coefficient (Wildman–Crippen LogP) is 0.329. The van der Waals surface area contributed by atoms with Crippen molar-refractivity contribution in [2.24, 2.45) is 0 Å². The molecule has 2 aromatic heterocycles. The summed E-state index contributed by atoms with van der Waals surface area (Å²) < 4.78 is 5.65. The number of morpholine rings is 1. The Balaban J connectivity index is 2.07. The average molecular weight is 237 g/mol. The van der Waals surface area contributed by atoms with Crippen molar-refractivity contribution in [3.05, 3.63) is 12.0 Å². The van der Waals surface area contributed by atoms with Gasteiger partial charge in [0.1, 0.15) is 28.5 Å². The number of nitrogens with two attached hydrogens (primary N) is 1. The van der Waals surface area contributed by atoms with E-state index in [2.05, 4.69) is 20.3 Å². The number of aromatic nitrogens is 3. The van der Waals surface area contributed by atoms with Gasteiger partial charge in [-0.15, -0.1) is 0 Å². The maximum absolute atomic E-state index is 5.67.